The fraction of sp³-hybridized carbons (Fsp3) is 0.417. The number of hydrogen-bond donors (Lipinski definition) is 1. The molecule has 0 aliphatic carbocycles. The number of ether oxygens (including phenoxy) is 1. The summed E-state index contributed by atoms with van der Waals surface area (Å²) in [6.45, 7) is 6.72. The first-order valence-electron chi connectivity index (χ1n) is 10.5. The van der Waals surface area contributed by atoms with Gasteiger partial charge in [-0.25, -0.2) is 0 Å². The van der Waals surface area contributed by atoms with Crippen molar-refractivity contribution in [2.24, 2.45) is 0 Å². The number of para-hydroxylation sites is 1. The predicted molar refractivity (Wildman–Crippen MR) is 117 cm³/mol. The molecular formula is C24H31N3O2. The normalized spacial score (nSPS) is 16.5. The molecule has 1 aliphatic heterocycles. The Morgan fingerprint density at radius 2 is 1.83 bits per heavy atom. The zero-order chi connectivity index (χ0) is 20.1. The van der Waals surface area contributed by atoms with Crippen molar-refractivity contribution < 1.29 is 9.84 Å². The summed E-state index contributed by atoms with van der Waals surface area (Å²) < 4.78 is 7.57. The van der Waals surface area contributed by atoms with Crippen LogP contribution >= 0.6 is 0 Å². The van der Waals surface area contributed by atoms with Gasteiger partial charge in [0, 0.05) is 51.0 Å². The monoisotopic (exact) mass is 393 g/mol. The SMILES string of the molecule is CN(Cc1cccc(CN2CCOCC2)c1)C[C@H](O)Cn1ccc2ccccc21. The molecule has 2 heterocycles. The first kappa shape index (κ1) is 20.1. The molecule has 3 aromatic rings. The molecule has 5 heteroatoms. The van der Waals surface area contributed by atoms with Crippen LogP contribution in [-0.4, -0.2) is 65.5 Å². The van der Waals surface area contributed by atoms with E-state index < -0.39 is 6.10 Å². The van der Waals surface area contributed by atoms with Crippen molar-refractivity contribution in [1.82, 2.24) is 14.4 Å². The zero-order valence-corrected chi connectivity index (χ0v) is 17.2. The molecule has 4 rings (SSSR count). The highest BCUT2D eigenvalue weighted by Crippen LogP contribution is 2.16. The molecule has 1 aromatic heterocycles. The number of benzene rings is 2. The largest absolute Gasteiger partial charge is 0.390 e. The molecule has 0 unspecified atom stereocenters. The number of likely N-dealkylation sites (N-methyl/N-ethyl adjacent to an activating group) is 1. The number of aromatic nitrogens is 1. The van der Waals surface area contributed by atoms with Crippen LogP contribution in [0.25, 0.3) is 10.9 Å². The van der Waals surface area contributed by atoms with E-state index in [1.165, 1.54) is 22.0 Å². The lowest BCUT2D eigenvalue weighted by Crippen LogP contribution is -2.35. The lowest BCUT2D eigenvalue weighted by molar-refractivity contribution is 0.0342. The van der Waals surface area contributed by atoms with Crippen LogP contribution in [0.15, 0.2) is 60.8 Å². The lowest BCUT2D eigenvalue weighted by Gasteiger charge is -2.27. The van der Waals surface area contributed by atoms with Gasteiger partial charge >= 0.3 is 0 Å². The quantitative estimate of drug-likeness (QED) is 0.639. The smallest absolute Gasteiger partial charge is 0.0845 e. The maximum atomic E-state index is 10.6. The molecule has 1 fully saturated rings. The van der Waals surface area contributed by atoms with Gasteiger partial charge in [-0.05, 0) is 35.7 Å². The van der Waals surface area contributed by atoms with Gasteiger partial charge in [0.25, 0.3) is 0 Å². The standard InChI is InChI=1S/C24H31N3O2/c1-25(18-23(28)19-27-10-9-22-7-2-3-8-24(22)27)16-20-5-4-6-21(15-20)17-26-11-13-29-14-12-26/h2-10,15,23,28H,11-14,16-19H2,1H3/t23-/m0/s1. The highest BCUT2D eigenvalue weighted by Gasteiger charge is 2.13. The van der Waals surface area contributed by atoms with Gasteiger partial charge < -0.3 is 14.4 Å². The Balaban J connectivity index is 1.30. The Morgan fingerprint density at radius 1 is 1.03 bits per heavy atom. The number of rotatable bonds is 8. The minimum absolute atomic E-state index is 0.410. The van der Waals surface area contributed by atoms with E-state index >= 15 is 0 Å². The number of nitrogens with zero attached hydrogens (tertiary/aromatic N) is 3. The van der Waals surface area contributed by atoms with E-state index in [1.54, 1.807) is 0 Å². The third-order valence-corrected chi connectivity index (χ3v) is 5.56. The second-order valence-electron chi connectivity index (χ2n) is 8.09. The van der Waals surface area contributed by atoms with Crippen LogP contribution < -0.4 is 0 Å². The fourth-order valence-electron chi connectivity index (χ4n) is 4.16. The van der Waals surface area contributed by atoms with E-state index in [2.05, 4.69) is 70.1 Å². The van der Waals surface area contributed by atoms with E-state index in [0.717, 1.165) is 39.4 Å². The molecule has 154 valence electrons. The van der Waals surface area contributed by atoms with E-state index in [4.69, 9.17) is 4.74 Å². The Bertz CT molecular complexity index is 917. The third kappa shape index (κ3) is 5.46. The van der Waals surface area contributed by atoms with Crippen LogP contribution in [0.3, 0.4) is 0 Å². The summed E-state index contributed by atoms with van der Waals surface area (Å²) in [5.74, 6) is 0. The van der Waals surface area contributed by atoms with Crippen LogP contribution in [0.2, 0.25) is 0 Å². The van der Waals surface area contributed by atoms with Gasteiger partial charge in [-0.3, -0.25) is 9.80 Å². The minimum Gasteiger partial charge on any atom is -0.390 e. The molecule has 0 radical (unpaired) electrons. The van der Waals surface area contributed by atoms with Crippen LogP contribution in [0, 0.1) is 0 Å². The summed E-state index contributed by atoms with van der Waals surface area (Å²) in [6.07, 6.45) is 1.65. The van der Waals surface area contributed by atoms with Crippen LogP contribution in [0.4, 0.5) is 0 Å². The van der Waals surface area contributed by atoms with Crippen molar-refractivity contribution in [2.45, 2.75) is 25.7 Å². The average Bonchev–Trinajstić information content (AvgIpc) is 3.12. The molecule has 0 bridgehead atoms. The van der Waals surface area contributed by atoms with Crippen molar-refractivity contribution >= 4 is 10.9 Å². The van der Waals surface area contributed by atoms with Gasteiger partial charge in [-0.15, -0.1) is 0 Å². The summed E-state index contributed by atoms with van der Waals surface area (Å²) in [5.41, 5.74) is 3.80. The number of hydrogen-bond acceptors (Lipinski definition) is 4. The summed E-state index contributed by atoms with van der Waals surface area (Å²) >= 11 is 0. The maximum Gasteiger partial charge on any atom is 0.0845 e. The van der Waals surface area contributed by atoms with Crippen molar-refractivity contribution in [1.29, 1.82) is 0 Å². The molecule has 1 N–H and O–H groups in total. The molecule has 0 saturated carbocycles. The second kappa shape index (κ2) is 9.55. The second-order valence-corrected chi connectivity index (χ2v) is 8.09. The Kier molecular flexibility index (Phi) is 6.62. The highest BCUT2D eigenvalue weighted by atomic mass is 16.5. The van der Waals surface area contributed by atoms with E-state index in [0.29, 0.717) is 13.1 Å². The number of fused-ring (bicyclic) bond motifs is 1. The number of aliphatic hydroxyl groups excluding tert-OH is 1. The molecule has 0 amide bonds. The van der Waals surface area contributed by atoms with Crippen molar-refractivity contribution in [2.75, 3.05) is 39.9 Å². The van der Waals surface area contributed by atoms with Crippen LogP contribution in [0.1, 0.15) is 11.1 Å². The molecule has 1 aliphatic rings. The molecule has 29 heavy (non-hydrogen) atoms. The average molecular weight is 394 g/mol. The third-order valence-electron chi connectivity index (χ3n) is 5.56. The van der Waals surface area contributed by atoms with Crippen molar-refractivity contribution in [3.05, 3.63) is 71.9 Å². The molecule has 1 atom stereocenters. The van der Waals surface area contributed by atoms with Crippen LogP contribution in [0.5, 0.6) is 0 Å². The van der Waals surface area contributed by atoms with E-state index in [-0.39, 0.29) is 0 Å². The number of morpholine rings is 1. The Hall–Kier alpha value is -2.18. The summed E-state index contributed by atoms with van der Waals surface area (Å²) in [4.78, 5) is 4.64. The van der Waals surface area contributed by atoms with Gasteiger partial charge in [-0.1, -0.05) is 42.5 Å². The van der Waals surface area contributed by atoms with Gasteiger partial charge in [-0.2, -0.15) is 0 Å². The van der Waals surface area contributed by atoms with Crippen LogP contribution in [-0.2, 0) is 24.4 Å². The van der Waals surface area contributed by atoms with E-state index in [9.17, 15) is 5.11 Å². The first-order valence-corrected chi connectivity index (χ1v) is 10.5. The number of aliphatic hydroxyl groups is 1. The lowest BCUT2D eigenvalue weighted by atomic mass is 10.1. The first-order chi connectivity index (χ1) is 14.2. The molecule has 0 spiro atoms. The van der Waals surface area contributed by atoms with Gasteiger partial charge in [0.05, 0.1) is 19.3 Å². The van der Waals surface area contributed by atoms with E-state index in [1.807, 2.05) is 12.1 Å². The molecule has 1 saturated heterocycles. The summed E-state index contributed by atoms with van der Waals surface area (Å²) in [7, 11) is 2.08. The fourth-order valence-corrected chi connectivity index (χ4v) is 4.16. The highest BCUT2D eigenvalue weighted by molar-refractivity contribution is 5.79. The van der Waals surface area contributed by atoms with Gasteiger partial charge in [0.15, 0.2) is 0 Å². The predicted octanol–water partition coefficient (Wildman–Crippen LogP) is 2.97. The van der Waals surface area contributed by atoms with Gasteiger partial charge in [0.2, 0.25) is 0 Å². The topological polar surface area (TPSA) is 40.9 Å². The Morgan fingerprint density at radius 3 is 2.69 bits per heavy atom. The van der Waals surface area contributed by atoms with Crippen molar-refractivity contribution in [3.8, 4) is 0 Å². The minimum atomic E-state index is -0.410. The zero-order valence-electron chi connectivity index (χ0n) is 17.2. The molecule has 5 nitrogen and oxygen atoms in total. The summed E-state index contributed by atoms with van der Waals surface area (Å²) in [6, 6.07) is 19.2. The molecule has 2 aromatic carbocycles. The molecular weight excluding hydrogens is 362 g/mol. The van der Waals surface area contributed by atoms with Gasteiger partial charge in [0.1, 0.15) is 0 Å². The summed E-state index contributed by atoms with van der Waals surface area (Å²) in [5, 5.41) is 11.8. The van der Waals surface area contributed by atoms with Crippen molar-refractivity contribution in [3.63, 3.8) is 0 Å². The Labute approximate surface area is 173 Å². The maximum absolute atomic E-state index is 10.6.